The van der Waals surface area contributed by atoms with Gasteiger partial charge < -0.3 is 0 Å². The summed E-state index contributed by atoms with van der Waals surface area (Å²) < 4.78 is 27.1. The first-order chi connectivity index (χ1) is 9.66. The van der Waals surface area contributed by atoms with E-state index in [0.29, 0.717) is 0 Å². The van der Waals surface area contributed by atoms with Crippen molar-refractivity contribution in [2.45, 2.75) is 0 Å². The van der Waals surface area contributed by atoms with Crippen LogP contribution in [0.2, 0.25) is 0 Å². The molecular weight excluding hydrogens is 270 g/mol. The Morgan fingerprint density at radius 2 is 1.40 bits per heavy atom. The Labute approximate surface area is 119 Å². The average Bonchev–Trinajstić information content (AvgIpc) is 2.47. The van der Waals surface area contributed by atoms with Crippen LogP contribution in [0, 0.1) is 0 Å². The molecule has 0 aliphatic heterocycles. The van der Waals surface area contributed by atoms with Crippen molar-refractivity contribution in [3.63, 3.8) is 0 Å². The summed E-state index contributed by atoms with van der Waals surface area (Å²) in [5.74, 6) is -0.106. The maximum atomic E-state index is 11.7. The fourth-order valence-corrected chi connectivity index (χ4v) is 2.30. The smallest absolute Gasteiger partial charge is 0.204 e. The van der Waals surface area contributed by atoms with Crippen molar-refractivity contribution in [2.24, 2.45) is 4.40 Å². The highest BCUT2D eigenvalue weighted by molar-refractivity contribution is 7.90. The molecule has 0 unspecified atom stereocenters. The van der Waals surface area contributed by atoms with E-state index in [2.05, 4.69) is 4.40 Å². The lowest BCUT2D eigenvalue weighted by atomic mass is 10.2. The van der Waals surface area contributed by atoms with E-state index < -0.39 is 10.0 Å². The Hall–Kier alpha value is -2.20. The van der Waals surface area contributed by atoms with Gasteiger partial charge in [-0.15, -0.1) is 0 Å². The molecule has 0 bridgehead atoms. The third-order valence-electron chi connectivity index (χ3n) is 2.58. The molecule has 0 N–H and O–H groups in total. The summed E-state index contributed by atoms with van der Waals surface area (Å²) in [6.45, 7) is 0. The molecule has 0 aromatic heterocycles. The van der Waals surface area contributed by atoms with Crippen LogP contribution in [0.1, 0.15) is 11.1 Å². The van der Waals surface area contributed by atoms with E-state index in [9.17, 15) is 8.42 Å². The molecule has 2 aromatic rings. The molecule has 0 aliphatic rings. The van der Waals surface area contributed by atoms with Gasteiger partial charge in [-0.2, -0.15) is 4.40 Å². The topological polar surface area (TPSA) is 46.5 Å². The summed E-state index contributed by atoms with van der Waals surface area (Å²) in [7, 11) is -3.47. The molecule has 20 heavy (non-hydrogen) atoms. The predicted octanol–water partition coefficient (Wildman–Crippen LogP) is 3.15. The monoisotopic (exact) mass is 285 g/mol. The standard InChI is InChI=1S/C16H15NO2S/c18-20(19,17-14-16-10-5-2-6-11-16)13-7-12-15-8-3-1-4-9-15/h1-12,14H,13H2/b12-7+,17-14+. The van der Waals surface area contributed by atoms with Gasteiger partial charge in [-0.3, -0.25) is 0 Å². The first kappa shape index (κ1) is 14.2. The van der Waals surface area contributed by atoms with Crippen LogP contribution in [-0.4, -0.2) is 20.4 Å². The highest BCUT2D eigenvalue weighted by atomic mass is 32.2. The van der Waals surface area contributed by atoms with Crippen LogP contribution in [0.5, 0.6) is 0 Å². The van der Waals surface area contributed by atoms with Crippen molar-refractivity contribution in [3.05, 3.63) is 77.9 Å². The van der Waals surface area contributed by atoms with Crippen LogP contribution in [-0.2, 0) is 10.0 Å². The quantitative estimate of drug-likeness (QED) is 0.792. The van der Waals surface area contributed by atoms with Gasteiger partial charge in [0.05, 0.1) is 5.75 Å². The van der Waals surface area contributed by atoms with Gasteiger partial charge in [-0.05, 0) is 11.1 Å². The third kappa shape index (κ3) is 4.82. The van der Waals surface area contributed by atoms with Crippen molar-refractivity contribution < 1.29 is 8.42 Å². The average molecular weight is 285 g/mol. The number of hydrogen-bond acceptors (Lipinski definition) is 2. The van der Waals surface area contributed by atoms with Gasteiger partial charge in [0.25, 0.3) is 10.0 Å². The molecule has 0 radical (unpaired) electrons. The van der Waals surface area contributed by atoms with Crippen LogP contribution >= 0.6 is 0 Å². The Kier molecular flexibility index (Phi) is 4.85. The van der Waals surface area contributed by atoms with Crippen molar-refractivity contribution in [1.29, 1.82) is 0 Å². The van der Waals surface area contributed by atoms with Crippen molar-refractivity contribution in [3.8, 4) is 0 Å². The van der Waals surface area contributed by atoms with E-state index in [1.807, 2.05) is 48.5 Å². The molecule has 0 saturated heterocycles. The number of rotatable bonds is 5. The van der Waals surface area contributed by atoms with Gasteiger partial charge in [-0.25, -0.2) is 8.42 Å². The fourth-order valence-electron chi connectivity index (χ4n) is 1.59. The lowest BCUT2D eigenvalue weighted by molar-refractivity contribution is 0.601. The van der Waals surface area contributed by atoms with E-state index in [1.165, 1.54) is 6.21 Å². The lowest BCUT2D eigenvalue weighted by Gasteiger charge is -1.94. The highest BCUT2D eigenvalue weighted by Gasteiger charge is 2.03. The van der Waals surface area contributed by atoms with Gasteiger partial charge in [-0.1, -0.05) is 72.8 Å². The molecule has 4 heteroatoms. The molecule has 3 nitrogen and oxygen atoms in total. The molecular formula is C16H15NO2S. The van der Waals surface area contributed by atoms with Crippen LogP contribution in [0.4, 0.5) is 0 Å². The molecule has 0 saturated carbocycles. The van der Waals surface area contributed by atoms with Gasteiger partial charge in [0.2, 0.25) is 0 Å². The molecule has 102 valence electrons. The second kappa shape index (κ2) is 6.82. The summed E-state index contributed by atoms with van der Waals surface area (Å²) in [5.41, 5.74) is 1.73. The number of nitrogens with zero attached hydrogens (tertiary/aromatic N) is 1. The number of sulfonamides is 1. The van der Waals surface area contributed by atoms with Gasteiger partial charge in [0.15, 0.2) is 0 Å². The Balaban J connectivity index is 1.98. The Morgan fingerprint density at radius 1 is 0.850 bits per heavy atom. The summed E-state index contributed by atoms with van der Waals surface area (Å²) in [5, 5.41) is 0. The van der Waals surface area contributed by atoms with E-state index >= 15 is 0 Å². The number of benzene rings is 2. The molecule has 0 aliphatic carbocycles. The van der Waals surface area contributed by atoms with Crippen LogP contribution < -0.4 is 0 Å². The zero-order valence-corrected chi connectivity index (χ0v) is 11.7. The van der Waals surface area contributed by atoms with E-state index in [0.717, 1.165) is 11.1 Å². The minimum Gasteiger partial charge on any atom is -0.204 e. The van der Waals surface area contributed by atoms with E-state index in [4.69, 9.17) is 0 Å². The van der Waals surface area contributed by atoms with Gasteiger partial charge in [0, 0.05) is 6.21 Å². The third-order valence-corrected chi connectivity index (χ3v) is 3.62. The summed E-state index contributed by atoms with van der Waals surface area (Å²) in [4.78, 5) is 0. The number of hydrogen-bond donors (Lipinski definition) is 0. The largest absolute Gasteiger partial charge is 0.256 e. The van der Waals surface area contributed by atoms with Crippen molar-refractivity contribution >= 4 is 22.3 Å². The minimum atomic E-state index is -3.47. The first-order valence-electron chi connectivity index (χ1n) is 6.20. The van der Waals surface area contributed by atoms with Crippen LogP contribution in [0.25, 0.3) is 6.08 Å². The Bertz CT molecular complexity index is 690. The summed E-state index contributed by atoms with van der Waals surface area (Å²) in [6, 6.07) is 18.7. The minimum absolute atomic E-state index is 0.106. The fraction of sp³-hybridized carbons (Fsp3) is 0.0625. The molecule has 0 spiro atoms. The molecule has 0 heterocycles. The zero-order chi connectivity index (χ0) is 14.3. The summed E-state index contributed by atoms with van der Waals surface area (Å²) >= 11 is 0. The molecule has 0 amide bonds. The maximum Gasteiger partial charge on any atom is 0.256 e. The predicted molar refractivity (Wildman–Crippen MR) is 83.3 cm³/mol. The zero-order valence-electron chi connectivity index (χ0n) is 10.9. The van der Waals surface area contributed by atoms with Crippen molar-refractivity contribution in [1.82, 2.24) is 0 Å². The summed E-state index contributed by atoms with van der Waals surface area (Å²) in [6.07, 6.45) is 4.74. The highest BCUT2D eigenvalue weighted by Crippen LogP contribution is 2.03. The maximum absolute atomic E-state index is 11.7. The molecule has 2 aromatic carbocycles. The van der Waals surface area contributed by atoms with Crippen LogP contribution in [0.15, 0.2) is 71.1 Å². The van der Waals surface area contributed by atoms with Gasteiger partial charge >= 0.3 is 0 Å². The Morgan fingerprint density at radius 3 is 2.00 bits per heavy atom. The SMILES string of the molecule is O=S(=O)(C/C=C/c1ccccc1)/N=C/c1ccccc1. The second-order valence-corrected chi connectivity index (χ2v) is 5.91. The normalized spacial score (nSPS) is 12.2. The molecule has 2 rings (SSSR count). The van der Waals surface area contributed by atoms with Gasteiger partial charge in [0.1, 0.15) is 0 Å². The molecule has 0 atom stereocenters. The first-order valence-corrected chi connectivity index (χ1v) is 7.81. The van der Waals surface area contributed by atoms with E-state index in [1.54, 1.807) is 24.3 Å². The molecule has 0 fully saturated rings. The van der Waals surface area contributed by atoms with E-state index in [-0.39, 0.29) is 5.75 Å². The lowest BCUT2D eigenvalue weighted by Crippen LogP contribution is -2.00. The van der Waals surface area contributed by atoms with Crippen LogP contribution in [0.3, 0.4) is 0 Å². The van der Waals surface area contributed by atoms with Crippen molar-refractivity contribution in [2.75, 3.05) is 5.75 Å². The second-order valence-electron chi connectivity index (χ2n) is 4.21.